The van der Waals surface area contributed by atoms with E-state index >= 15 is 0 Å². The van der Waals surface area contributed by atoms with Crippen molar-refractivity contribution in [3.8, 4) is 0 Å². The van der Waals surface area contributed by atoms with Gasteiger partial charge in [0.05, 0.1) is 6.54 Å². The van der Waals surface area contributed by atoms with Crippen LogP contribution in [0.3, 0.4) is 0 Å². The molecule has 0 aromatic heterocycles. The van der Waals surface area contributed by atoms with Gasteiger partial charge in [-0.3, -0.25) is 0 Å². The molecule has 84 valence electrons. The van der Waals surface area contributed by atoms with Crippen LogP contribution in [0.4, 0.5) is 0 Å². The summed E-state index contributed by atoms with van der Waals surface area (Å²) in [6, 6.07) is 7.85. The smallest absolute Gasteiger partial charge is 0.107 e. The largest absolute Gasteiger partial charge is 0.234 e. The van der Waals surface area contributed by atoms with E-state index in [4.69, 9.17) is 0 Å². The lowest BCUT2D eigenvalue weighted by atomic mass is 10.2. The van der Waals surface area contributed by atoms with Gasteiger partial charge < -0.3 is 0 Å². The summed E-state index contributed by atoms with van der Waals surface area (Å²) in [5.41, 5.74) is 1.06. The van der Waals surface area contributed by atoms with Crippen molar-refractivity contribution in [2.24, 2.45) is 4.36 Å². The zero-order valence-corrected chi connectivity index (χ0v) is 11.5. The van der Waals surface area contributed by atoms with E-state index in [-0.39, 0.29) is 0 Å². The molecule has 0 aliphatic heterocycles. The molecule has 0 aliphatic rings. The molecule has 1 atom stereocenters. The average Bonchev–Trinajstić information content (AvgIpc) is 2.17. The molecule has 1 aromatic carbocycles. The SMILES string of the molecule is CN(C)S(C)(=O)=NCc1ccc(Br)cc1. The van der Waals surface area contributed by atoms with Gasteiger partial charge >= 0.3 is 0 Å². The summed E-state index contributed by atoms with van der Waals surface area (Å²) in [7, 11) is 1.33. The lowest BCUT2D eigenvalue weighted by Gasteiger charge is -2.11. The fourth-order valence-corrected chi connectivity index (χ4v) is 1.78. The molecule has 0 amide bonds. The van der Waals surface area contributed by atoms with Gasteiger partial charge in [-0.25, -0.2) is 12.9 Å². The van der Waals surface area contributed by atoms with Crippen molar-refractivity contribution in [3.05, 3.63) is 34.3 Å². The summed E-state index contributed by atoms with van der Waals surface area (Å²) < 4.78 is 18.8. The summed E-state index contributed by atoms with van der Waals surface area (Å²) in [6.07, 6.45) is 1.64. The van der Waals surface area contributed by atoms with Crippen molar-refractivity contribution in [3.63, 3.8) is 0 Å². The molecule has 1 unspecified atom stereocenters. The third-order valence-electron chi connectivity index (χ3n) is 2.08. The van der Waals surface area contributed by atoms with Gasteiger partial charge in [-0.15, -0.1) is 0 Å². The van der Waals surface area contributed by atoms with Crippen molar-refractivity contribution < 1.29 is 4.21 Å². The van der Waals surface area contributed by atoms with Gasteiger partial charge in [-0.05, 0) is 17.7 Å². The molecule has 0 heterocycles. The van der Waals surface area contributed by atoms with Gasteiger partial charge in [0.15, 0.2) is 0 Å². The molecule has 0 N–H and O–H groups in total. The number of nitrogens with zero attached hydrogens (tertiary/aromatic N) is 2. The second kappa shape index (κ2) is 5.09. The molecule has 0 radical (unpaired) electrons. The Labute approximate surface area is 99.9 Å². The van der Waals surface area contributed by atoms with E-state index < -0.39 is 9.92 Å². The average molecular weight is 291 g/mol. The van der Waals surface area contributed by atoms with Crippen molar-refractivity contribution in [1.82, 2.24) is 4.31 Å². The highest BCUT2D eigenvalue weighted by Gasteiger charge is 2.02. The van der Waals surface area contributed by atoms with Crippen LogP contribution < -0.4 is 0 Å². The fourth-order valence-electron chi connectivity index (χ4n) is 0.900. The molecule has 0 fully saturated rings. The number of hydrogen-bond donors (Lipinski definition) is 0. The van der Waals surface area contributed by atoms with Crippen LogP contribution in [0.5, 0.6) is 0 Å². The van der Waals surface area contributed by atoms with Crippen molar-refractivity contribution >= 4 is 25.8 Å². The number of benzene rings is 1. The van der Waals surface area contributed by atoms with E-state index in [0.717, 1.165) is 10.0 Å². The van der Waals surface area contributed by atoms with Crippen LogP contribution in [0, 0.1) is 0 Å². The van der Waals surface area contributed by atoms with Crippen LogP contribution in [-0.4, -0.2) is 28.9 Å². The van der Waals surface area contributed by atoms with Gasteiger partial charge in [-0.2, -0.15) is 0 Å². The van der Waals surface area contributed by atoms with Gasteiger partial charge in [0.2, 0.25) is 0 Å². The summed E-state index contributed by atoms with van der Waals surface area (Å²) in [6.45, 7) is 0.487. The molecule has 15 heavy (non-hydrogen) atoms. The minimum absolute atomic E-state index is 0.487. The molecule has 0 saturated heterocycles. The molecule has 1 rings (SSSR count). The summed E-state index contributed by atoms with van der Waals surface area (Å²) >= 11 is 3.36. The Bertz CT molecular complexity index is 433. The maximum atomic E-state index is 11.9. The second-order valence-corrected chi connectivity index (χ2v) is 6.92. The monoisotopic (exact) mass is 290 g/mol. The third-order valence-corrected chi connectivity index (χ3v) is 4.57. The molecule has 1 aromatic rings. The first-order chi connectivity index (χ1) is 6.92. The summed E-state index contributed by atoms with van der Waals surface area (Å²) in [4.78, 5) is 0. The molecule has 0 saturated carbocycles. The standard InChI is InChI=1S/C10H15BrN2OS/c1-13(2)15(3,14)12-8-9-4-6-10(11)7-5-9/h4-7H,8H2,1-3H3. The van der Waals surface area contributed by atoms with Gasteiger partial charge in [0.1, 0.15) is 9.92 Å². The van der Waals surface area contributed by atoms with Crippen LogP contribution in [0.2, 0.25) is 0 Å². The highest BCUT2D eigenvalue weighted by atomic mass is 79.9. The predicted octanol–water partition coefficient (Wildman–Crippen LogP) is 2.52. The third kappa shape index (κ3) is 3.93. The summed E-state index contributed by atoms with van der Waals surface area (Å²) in [5.74, 6) is 0. The highest BCUT2D eigenvalue weighted by Crippen LogP contribution is 2.11. The Morgan fingerprint density at radius 3 is 2.33 bits per heavy atom. The first-order valence-corrected chi connectivity index (χ1v) is 7.19. The molecule has 0 bridgehead atoms. The maximum Gasteiger partial charge on any atom is 0.107 e. The first-order valence-electron chi connectivity index (χ1n) is 4.51. The van der Waals surface area contributed by atoms with Crippen molar-refractivity contribution in [2.75, 3.05) is 20.4 Å². The fraction of sp³-hybridized carbons (Fsp3) is 0.400. The normalized spacial score (nSPS) is 15.0. The molecule has 0 spiro atoms. The van der Waals surface area contributed by atoms with E-state index in [1.807, 2.05) is 24.3 Å². The lowest BCUT2D eigenvalue weighted by molar-refractivity contribution is 0.595. The molecular formula is C10H15BrN2OS. The molecular weight excluding hydrogens is 276 g/mol. The van der Waals surface area contributed by atoms with E-state index in [1.54, 1.807) is 24.7 Å². The van der Waals surface area contributed by atoms with Crippen LogP contribution in [0.1, 0.15) is 5.56 Å². The van der Waals surface area contributed by atoms with E-state index in [9.17, 15) is 4.21 Å². The second-order valence-electron chi connectivity index (χ2n) is 3.49. The Balaban J connectivity index is 2.81. The Kier molecular flexibility index (Phi) is 4.31. The summed E-state index contributed by atoms with van der Waals surface area (Å²) in [5, 5.41) is 0. The quantitative estimate of drug-likeness (QED) is 0.842. The number of halogens is 1. The highest BCUT2D eigenvalue weighted by molar-refractivity contribution is 9.10. The van der Waals surface area contributed by atoms with Crippen LogP contribution in [0.25, 0.3) is 0 Å². The van der Waals surface area contributed by atoms with Crippen LogP contribution >= 0.6 is 15.9 Å². The van der Waals surface area contributed by atoms with Crippen molar-refractivity contribution in [1.29, 1.82) is 0 Å². The minimum atomic E-state index is -2.21. The molecule has 0 aliphatic carbocycles. The maximum absolute atomic E-state index is 11.9. The molecule has 3 nitrogen and oxygen atoms in total. The Hall–Kier alpha value is -0.390. The topological polar surface area (TPSA) is 32.7 Å². The van der Waals surface area contributed by atoms with E-state index in [0.29, 0.717) is 6.54 Å². The number of rotatable bonds is 3. The van der Waals surface area contributed by atoms with Crippen LogP contribution in [0.15, 0.2) is 33.1 Å². The Morgan fingerprint density at radius 2 is 1.87 bits per heavy atom. The number of hydrogen-bond acceptors (Lipinski definition) is 2. The van der Waals surface area contributed by atoms with E-state index in [2.05, 4.69) is 20.3 Å². The van der Waals surface area contributed by atoms with Gasteiger partial charge in [-0.1, -0.05) is 28.1 Å². The van der Waals surface area contributed by atoms with Crippen LogP contribution in [-0.2, 0) is 16.5 Å². The zero-order chi connectivity index (χ0) is 11.5. The lowest BCUT2D eigenvalue weighted by Crippen LogP contribution is -2.20. The zero-order valence-electron chi connectivity index (χ0n) is 9.11. The van der Waals surface area contributed by atoms with Gasteiger partial charge in [0.25, 0.3) is 0 Å². The van der Waals surface area contributed by atoms with Crippen molar-refractivity contribution in [2.45, 2.75) is 6.54 Å². The predicted molar refractivity (Wildman–Crippen MR) is 68.0 cm³/mol. The molecule has 5 heteroatoms. The minimum Gasteiger partial charge on any atom is -0.234 e. The Morgan fingerprint density at radius 1 is 1.33 bits per heavy atom. The first kappa shape index (κ1) is 12.7. The van der Waals surface area contributed by atoms with E-state index in [1.165, 1.54) is 0 Å². The van der Waals surface area contributed by atoms with Gasteiger partial charge in [0, 0.05) is 24.8 Å².